The Morgan fingerprint density at radius 3 is 2.68 bits per heavy atom. The molecule has 0 saturated carbocycles. The van der Waals surface area contributed by atoms with E-state index in [2.05, 4.69) is 16.4 Å². The van der Waals surface area contributed by atoms with Crippen molar-refractivity contribution in [3.8, 4) is 0 Å². The minimum absolute atomic E-state index is 0.457. The molecule has 1 aromatic heterocycles. The van der Waals surface area contributed by atoms with Crippen LogP contribution in [0.5, 0.6) is 0 Å². The van der Waals surface area contributed by atoms with Crippen LogP contribution in [0.2, 0.25) is 0 Å². The highest BCUT2D eigenvalue weighted by Gasteiger charge is 2.13. The molecule has 2 N–H and O–H groups in total. The second-order valence-corrected chi connectivity index (χ2v) is 4.00. The molecule has 3 rings (SSSR count). The molecule has 0 spiro atoms. The van der Waals surface area contributed by atoms with Gasteiger partial charge in [0.05, 0.1) is 11.0 Å². The van der Waals surface area contributed by atoms with Crippen LogP contribution in [-0.2, 0) is 0 Å². The first-order valence-corrected chi connectivity index (χ1v) is 5.73. The van der Waals surface area contributed by atoms with Crippen molar-refractivity contribution in [1.82, 2.24) is 9.55 Å². The van der Waals surface area contributed by atoms with Crippen molar-refractivity contribution in [1.29, 1.82) is 0 Å². The molecule has 0 fully saturated rings. The van der Waals surface area contributed by atoms with E-state index in [0.717, 1.165) is 4.57 Å². The third-order valence-corrected chi connectivity index (χ3v) is 2.76. The molecule has 0 aliphatic carbocycles. The maximum atomic E-state index is 12.1. The van der Waals surface area contributed by atoms with E-state index < -0.39 is 11.7 Å². The van der Waals surface area contributed by atoms with E-state index in [4.69, 9.17) is 0 Å². The van der Waals surface area contributed by atoms with Gasteiger partial charge in [0.15, 0.2) is 0 Å². The van der Waals surface area contributed by atoms with Crippen LogP contribution in [0, 0.1) is 6.07 Å². The standard InChI is InChI=1S/C14H10N3O2/c18-13(15-10-6-2-1-3-7-10)17-12-9-5-4-8-11(12)16-14(17)19/h2-9H,(H,15,18)(H,16,19). The number of nitrogens with one attached hydrogen (secondary N) is 2. The third kappa shape index (κ3) is 2.01. The van der Waals surface area contributed by atoms with Crippen molar-refractivity contribution >= 4 is 22.8 Å². The largest absolute Gasteiger partial charge is 0.334 e. The summed E-state index contributed by atoms with van der Waals surface area (Å²) in [7, 11) is 0. The Balaban J connectivity index is 2.03. The molecule has 3 aromatic rings. The third-order valence-electron chi connectivity index (χ3n) is 2.76. The molecule has 1 radical (unpaired) electrons. The number of benzene rings is 2. The highest BCUT2D eigenvalue weighted by atomic mass is 16.2. The van der Waals surface area contributed by atoms with Crippen molar-refractivity contribution in [2.24, 2.45) is 0 Å². The lowest BCUT2D eigenvalue weighted by molar-refractivity contribution is 0.253. The smallest absolute Gasteiger partial charge is 0.307 e. The van der Waals surface area contributed by atoms with Crippen molar-refractivity contribution in [3.63, 3.8) is 0 Å². The predicted molar refractivity (Wildman–Crippen MR) is 72.3 cm³/mol. The summed E-state index contributed by atoms with van der Waals surface area (Å²) in [6, 6.07) is 16.2. The number of carbonyl (C=O) groups is 1. The Morgan fingerprint density at radius 2 is 1.89 bits per heavy atom. The van der Waals surface area contributed by atoms with Crippen molar-refractivity contribution in [3.05, 3.63) is 65.1 Å². The number of anilines is 1. The maximum absolute atomic E-state index is 12.1. The number of rotatable bonds is 1. The monoisotopic (exact) mass is 252 g/mol. The van der Waals surface area contributed by atoms with Gasteiger partial charge in [0.25, 0.3) is 0 Å². The zero-order chi connectivity index (χ0) is 13.2. The quantitative estimate of drug-likeness (QED) is 0.697. The summed E-state index contributed by atoms with van der Waals surface area (Å²) in [6.45, 7) is 0. The summed E-state index contributed by atoms with van der Waals surface area (Å²) in [5, 5.41) is 2.66. The molecule has 1 amide bonds. The van der Waals surface area contributed by atoms with Gasteiger partial charge in [-0.05, 0) is 30.3 Å². The average molecular weight is 252 g/mol. The zero-order valence-corrected chi connectivity index (χ0v) is 9.88. The van der Waals surface area contributed by atoms with Gasteiger partial charge in [-0.25, -0.2) is 14.2 Å². The van der Waals surface area contributed by atoms with Crippen LogP contribution in [0.15, 0.2) is 53.3 Å². The maximum Gasteiger partial charge on any atom is 0.334 e. The number of imidazole rings is 1. The van der Waals surface area contributed by atoms with Gasteiger partial charge in [-0.3, -0.25) is 0 Å². The second kappa shape index (κ2) is 4.45. The molecule has 0 aliphatic rings. The predicted octanol–water partition coefficient (Wildman–Crippen LogP) is 2.21. The minimum Gasteiger partial charge on any atom is -0.307 e. The van der Waals surface area contributed by atoms with Crippen LogP contribution >= 0.6 is 0 Å². The summed E-state index contributed by atoms with van der Waals surface area (Å²) < 4.78 is 1.08. The van der Waals surface area contributed by atoms with Gasteiger partial charge in [-0.15, -0.1) is 0 Å². The van der Waals surface area contributed by atoms with E-state index in [-0.39, 0.29) is 0 Å². The SMILES string of the molecule is O=C(Nc1cc[c]cc1)n1c(=O)[nH]c2ccccc21. The van der Waals surface area contributed by atoms with Crippen molar-refractivity contribution < 1.29 is 4.79 Å². The van der Waals surface area contributed by atoms with Crippen LogP contribution in [-0.4, -0.2) is 15.6 Å². The summed E-state index contributed by atoms with van der Waals surface area (Å²) in [6.07, 6.45) is 0. The number of carbonyl (C=O) groups excluding carboxylic acids is 1. The normalized spacial score (nSPS) is 10.5. The summed E-state index contributed by atoms with van der Waals surface area (Å²) in [5.41, 5.74) is 1.33. The number of hydrogen-bond acceptors (Lipinski definition) is 2. The lowest BCUT2D eigenvalue weighted by Gasteiger charge is -2.05. The van der Waals surface area contributed by atoms with Crippen LogP contribution < -0.4 is 11.0 Å². The van der Waals surface area contributed by atoms with Crippen molar-refractivity contribution in [2.45, 2.75) is 0 Å². The van der Waals surface area contributed by atoms with Crippen LogP contribution in [0.1, 0.15) is 0 Å². The first kappa shape index (κ1) is 11.3. The molecule has 19 heavy (non-hydrogen) atoms. The zero-order valence-electron chi connectivity index (χ0n) is 9.88. The van der Waals surface area contributed by atoms with Gasteiger partial charge in [0.2, 0.25) is 0 Å². The molecular weight excluding hydrogens is 242 g/mol. The van der Waals surface area contributed by atoms with Gasteiger partial charge >= 0.3 is 11.7 Å². The Bertz CT molecular complexity index is 787. The Hall–Kier alpha value is -2.82. The molecule has 0 saturated heterocycles. The molecule has 0 unspecified atom stereocenters. The molecule has 5 heteroatoms. The molecule has 0 bridgehead atoms. The van der Waals surface area contributed by atoms with E-state index >= 15 is 0 Å². The molecule has 93 valence electrons. The van der Waals surface area contributed by atoms with E-state index in [1.54, 1.807) is 48.5 Å². The van der Waals surface area contributed by atoms with Gasteiger partial charge < -0.3 is 10.3 Å². The van der Waals surface area contributed by atoms with E-state index in [1.807, 2.05) is 0 Å². The van der Waals surface area contributed by atoms with Crippen LogP contribution in [0.3, 0.4) is 0 Å². The van der Waals surface area contributed by atoms with Crippen molar-refractivity contribution in [2.75, 3.05) is 5.32 Å². The topological polar surface area (TPSA) is 66.9 Å². The molecular formula is C14H10N3O2. The second-order valence-electron chi connectivity index (χ2n) is 4.00. The minimum atomic E-state index is -0.492. The van der Waals surface area contributed by atoms with Crippen LogP contribution in [0.25, 0.3) is 11.0 Å². The number of aromatic nitrogens is 2. The average Bonchev–Trinajstić information content (AvgIpc) is 2.75. The molecule has 1 heterocycles. The Kier molecular flexibility index (Phi) is 2.64. The Labute approximate surface area is 108 Å². The van der Waals surface area contributed by atoms with E-state index in [9.17, 15) is 9.59 Å². The van der Waals surface area contributed by atoms with E-state index in [0.29, 0.717) is 16.7 Å². The van der Waals surface area contributed by atoms with Gasteiger partial charge in [0.1, 0.15) is 0 Å². The fraction of sp³-hybridized carbons (Fsp3) is 0. The van der Waals surface area contributed by atoms with E-state index in [1.165, 1.54) is 0 Å². The number of aromatic amines is 1. The molecule has 5 nitrogen and oxygen atoms in total. The Morgan fingerprint density at radius 1 is 1.16 bits per heavy atom. The number of H-pyrrole nitrogens is 1. The number of hydrogen-bond donors (Lipinski definition) is 2. The van der Waals surface area contributed by atoms with Gasteiger partial charge in [0, 0.05) is 5.69 Å². The molecule has 0 atom stereocenters. The first-order chi connectivity index (χ1) is 9.25. The summed E-state index contributed by atoms with van der Waals surface area (Å²) >= 11 is 0. The first-order valence-electron chi connectivity index (χ1n) is 5.73. The number of fused-ring (bicyclic) bond motifs is 1. The fourth-order valence-corrected chi connectivity index (χ4v) is 1.91. The highest BCUT2D eigenvalue weighted by Crippen LogP contribution is 2.10. The van der Waals surface area contributed by atoms with Gasteiger partial charge in [-0.1, -0.05) is 24.3 Å². The number of nitrogens with zero attached hydrogens (tertiary/aromatic N) is 1. The lowest BCUT2D eigenvalue weighted by atomic mass is 10.3. The molecule has 0 aliphatic heterocycles. The summed E-state index contributed by atoms with van der Waals surface area (Å²) in [4.78, 5) is 26.6. The number of para-hydroxylation sites is 2. The fourth-order valence-electron chi connectivity index (χ4n) is 1.91. The summed E-state index contributed by atoms with van der Waals surface area (Å²) in [5.74, 6) is 0. The highest BCUT2D eigenvalue weighted by molar-refractivity contribution is 5.97. The van der Waals surface area contributed by atoms with Crippen LogP contribution in [0.4, 0.5) is 10.5 Å². The lowest BCUT2D eigenvalue weighted by Crippen LogP contribution is -2.29. The molecule has 2 aromatic carbocycles. The van der Waals surface area contributed by atoms with Gasteiger partial charge in [-0.2, -0.15) is 0 Å². The number of amides is 1.